The molecule has 1 amide bonds. The molecule has 1 aliphatic heterocycles. The van der Waals surface area contributed by atoms with Crippen molar-refractivity contribution >= 4 is 11.7 Å². The highest BCUT2D eigenvalue weighted by atomic mass is 19.4. The number of aromatic nitrogens is 2. The van der Waals surface area contributed by atoms with Crippen molar-refractivity contribution in [2.75, 3.05) is 18.4 Å². The molecule has 2 unspecified atom stereocenters. The maximum absolute atomic E-state index is 14.7. The number of aromatic amines is 1. The molecule has 12 heteroatoms. The van der Waals surface area contributed by atoms with Gasteiger partial charge in [0, 0.05) is 31.3 Å². The average Bonchev–Trinajstić information content (AvgIpc) is 2.70. The molecule has 0 aliphatic carbocycles. The number of carbonyl (C=O) groups excluding carboxylic acids is 1. The van der Waals surface area contributed by atoms with Crippen LogP contribution in [0.5, 0.6) is 0 Å². The van der Waals surface area contributed by atoms with Gasteiger partial charge in [-0.25, -0.2) is 18.2 Å². The molecule has 3 heterocycles. The second kappa shape index (κ2) is 8.93. The molecule has 0 bridgehead atoms. The van der Waals surface area contributed by atoms with Crippen LogP contribution in [0.15, 0.2) is 35.4 Å². The molecule has 0 spiro atoms. The Morgan fingerprint density at radius 2 is 2.09 bits per heavy atom. The van der Waals surface area contributed by atoms with Crippen LogP contribution in [0, 0.1) is 5.82 Å². The van der Waals surface area contributed by atoms with Gasteiger partial charge in [0.2, 0.25) is 5.91 Å². The smallest absolute Gasteiger partial charge is 0.329 e. The molecule has 0 saturated carbocycles. The van der Waals surface area contributed by atoms with Crippen LogP contribution in [0.25, 0.3) is 0 Å². The van der Waals surface area contributed by atoms with E-state index >= 15 is 0 Å². The standard InChI is InChI=1S/C20H20F6N4O2/c1-11(17(31)29-16-3-2-14(21)9-27-16)30-5-4-19(22,23)15(10-30)13-6-12(7-20(24,25)26)18(32)28-8-13/h2-3,6,8-9,11,15H,4-5,7,10H2,1H3,(H,28,32)(H,27,29,31). The Bertz CT molecular complexity index is 1020. The minimum absolute atomic E-state index is 0.0829. The quantitative estimate of drug-likeness (QED) is 0.668. The fourth-order valence-electron chi connectivity index (χ4n) is 3.57. The first-order valence-electron chi connectivity index (χ1n) is 9.68. The van der Waals surface area contributed by atoms with Crippen molar-refractivity contribution in [2.24, 2.45) is 0 Å². The van der Waals surface area contributed by atoms with E-state index in [0.29, 0.717) is 0 Å². The van der Waals surface area contributed by atoms with E-state index in [1.807, 2.05) is 0 Å². The molecule has 0 radical (unpaired) electrons. The summed E-state index contributed by atoms with van der Waals surface area (Å²) in [7, 11) is 0. The molecular formula is C20H20F6N4O2. The Balaban J connectivity index is 1.79. The third-order valence-electron chi connectivity index (χ3n) is 5.36. The number of nitrogens with zero attached hydrogens (tertiary/aromatic N) is 2. The first kappa shape index (κ1) is 23.8. The number of rotatable bonds is 5. The molecule has 2 aromatic heterocycles. The third kappa shape index (κ3) is 5.67. The highest BCUT2D eigenvalue weighted by molar-refractivity contribution is 5.93. The van der Waals surface area contributed by atoms with E-state index < -0.39 is 59.7 Å². The van der Waals surface area contributed by atoms with Gasteiger partial charge in [-0.3, -0.25) is 14.5 Å². The predicted molar refractivity (Wildman–Crippen MR) is 103 cm³/mol. The molecule has 3 rings (SSSR count). The predicted octanol–water partition coefficient (Wildman–Crippen LogP) is 3.47. The van der Waals surface area contributed by atoms with Crippen LogP contribution in [-0.4, -0.2) is 52.0 Å². The SMILES string of the molecule is CC(C(=O)Nc1ccc(F)cn1)N1CCC(F)(F)C(c2c[nH]c(=O)c(CC(F)(F)F)c2)C1. The van der Waals surface area contributed by atoms with Crippen molar-refractivity contribution in [3.63, 3.8) is 0 Å². The number of piperidine rings is 1. The third-order valence-corrected chi connectivity index (χ3v) is 5.36. The first-order chi connectivity index (χ1) is 14.9. The highest BCUT2D eigenvalue weighted by Crippen LogP contribution is 2.41. The van der Waals surface area contributed by atoms with Gasteiger partial charge in [0.25, 0.3) is 11.5 Å². The summed E-state index contributed by atoms with van der Waals surface area (Å²) in [6, 6.07) is 2.31. The number of anilines is 1. The van der Waals surface area contributed by atoms with Crippen LogP contribution in [0.3, 0.4) is 0 Å². The molecule has 174 valence electrons. The minimum atomic E-state index is -4.67. The van der Waals surface area contributed by atoms with Crippen LogP contribution >= 0.6 is 0 Å². The van der Waals surface area contributed by atoms with Gasteiger partial charge in [-0.15, -0.1) is 0 Å². The maximum Gasteiger partial charge on any atom is 0.393 e. The van der Waals surface area contributed by atoms with Crippen molar-refractivity contribution < 1.29 is 31.1 Å². The summed E-state index contributed by atoms with van der Waals surface area (Å²) in [6.45, 7) is 1.03. The number of H-pyrrole nitrogens is 1. The van der Waals surface area contributed by atoms with Gasteiger partial charge in [0.15, 0.2) is 0 Å². The molecule has 0 aromatic carbocycles. The molecule has 1 aliphatic rings. The number of hydrogen-bond donors (Lipinski definition) is 2. The summed E-state index contributed by atoms with van der Waals surface area (Å²) in [5, 5.41) is 2.47. The van der Waals surface area contributed by atoms with E-state index in [4.69, 9.17) is 0 Å². The molecule has 1 fully saturated rings. The summed E-state index contributed by atoms with van der Waals surface area (Å²) in [4.78, 5) is 31.5. The highest BCUT2D eigenvalue weighted by Gasteiger charge is 2.46. The maximum atomic E-state index is 14.7. The number of carbonyl (C=O) groups is 1. The first-order valence-corrected chi connectivity index (χ1v) is 9.68. The zero-order valence-electron chi connectivity index (χ0n) is 16.8. The lowest BCUT2D eigenvalue weighted by Gasteiger charge is -2.40. The summed E-state index contributed by atoms with van der Waals surface area (Å²) in [5.41, 5.74) is -1.80. The van der Waals surface area contributed by atoms with Gasteiger partial charge < -0.3 is 10.3 Å². The van der Waals surface area contributed by atoms with Crippen LogP contribution < -0.4 is 10.9 Å². The van der Waals surface area contributed by atoms with Crippen LogP contribution in [0.1, 0.15) is 30.4 Å². The van der Waals surface area contributed by atoms with Gasteiger partial charge in [-0.05, 0) is 30.7 Å². The van der Waals surface area contributed by atoms with Gasteiger partial charge in [0.05, 0.1) is 24.6 Å². The Kier molecular flexibility index (Phi) is 6.63. The van der Waals surface area contributed by atoms with Crippen LogP contribution in [-0.2, 0) is 11.2 Å². The lowest BCUT2D eigenvalue weighted by Crippen LogP contribution is -2.52. The number of pyridine rings is 2. The summed E-state index contributed by atoms with van der Waals surface area (Å²) in [6.07, 6.45) is -4.95. The summed E-state index contributed by atoms with van der Waals surface area (Å²) < 4.78 is 80.5. The van der Waals surface area contributed by atoms with Gasteiger partial charge >= 0.3 is 6.18 Å². The number of likely N-dealkylation sites (tertiary alicyclic amines) is 1. The second-order valence-corrected chi connectivity index (χ2v) is 7.66. The zero-order chi connectivity index (χ0) is 23.7. The Labute approximate surface area is 178 Å². The molecule has 32 heavy (non-hydrogen) atoms. The largest absolute Gasteiger partial charge is 0.393 e. The Hall–Kier alpha value is -2.89. The van der Waals surface area contributed by atoms with Crippen molar-refractivity contribution in [2.45, 2.75) is 43.8 Å². The molecular weight excluding hydrogens is 442 g/mol. The van der Waals surface area contributed by atoms with E-state index in [2.05, 4.69) is 15.3 Å². The average molecular weight is 462 g/mol. The van der Waals surface area contributed by atoms with Gasteiger partial charge in [-0.1, -0.05) is 0 Å². The molecule has 2 atom stereocenters. The number of amides is 1. The zero-order valence-corrected chi connectivity index (χ0v) is 16.8. The van der Waals surface area contributed by atoms with Crippen LogP contribution in [0.2, 0.25) is 0 Å². The fraction of sp³-hybridized carbons (Fsp3) is 0.450. The van der Waals surface area contributed by atoms with Crippen molar-refractivity contribution in [1.29, 1.82) is 0 Å². The molecule has 1 saturated heterocycles. The Morgan fingerprint density at radius 3 is 2.72 bits per heavy atom. The summed E-state index contributed by atoms with van der Waals surface area (Å²) >= 11 is 0. The van der Waals surface area contributed by atoms with E-state index in [9.17, 15) is 35.9 Å². The lowest BCUT2D eigenvalue weighted by molar-refractivity contribution is -0.128. The van der Waals surface area contributed by atoms with Gasteiger partial charge in [-0.2, -0.15) is 13.2 Å². The molecule has 6 nitrogen and oxygen atoms in total. The van der Waals surface area contributed by atoms with E-state index in [0.717, 1.165) is 24.5 Å². The van der Waals surface area contributed by atoms with Crippen molar-refractivity contribution in [1.82, 2.24) is 14.9 Å². The minimum Gasteiger partial charge on any atom is -0.329 e. The Morgan fingerprint density at radius 1 is 1.38 bits per heavy atom. The molecule has 2 N–H and O–H groups in total. The second-order valence-electron chi connectivity index (χ2n) is 7.66. The molecule has 2 aromatic rings. The van der Waals surface area contributed by atoms with Crippen molar-refractivity contribution in [3.05, 3.63) is 57.9 Å². The lowest BCUT2D eigenvalue weighted by atomic mass is 9.86. The number of nitrogens with one attached hydrogen (secondary N) is 2. The number of hydrogen-bond acceptors (Lipinski definition) is 4. The fourth-order valence-corrected chi connectivity index (χ4v) is 3.57. The summed E-state index contributed by atoms with van der Waals surface area (Å²) in [5.74, 6) is -5.85. The van der Waals surface area contributed by atoms with Gasteiger partial charge in [0.1, 0.15) is 11.6 Å². The number of halogens is 6. The van der Waals surface area contributed by atoms with E-state index in [1.165, 1.54) is 17.9 Å². The topological polar surface area (TPSA) is 78.1 Å². The monoisotopic (exact) mass is 462 g/mol. The number of alkyl halides is 5. The van der Waals surface area contributed by atoms with E-state index in [-0.39, 0.29) is 24.5 Å². The van der Waals surface area contributed by atoms with E-state index in [1.54, 1.807) is 0 Å². The van der Waals surface area contributed by atoms with Crippen molar-refractivity contribution in [3.8, 4) is 0 Å². The van der Waals surface area contributed by atoms with Crippen LogP contribution in [0.4, 0.5) is 32.2 Å². The normalized spacial score (nSPS) is 20.0.